The molecule has 0 unspecified atom stereocenters. The van der Waals surface area contributed by atoms with Gasteiger partial charge in [-0.15, -0.1) is 0 Å². The largest absolute Gasteiger partial charge is 0.419 e. The quantitative estimate of drug-likeness (QED) is 0.610. The Balaban J connectivity index is 1.35. The lowest BCUT2D eigenvalue weighted by Crippen LogP contribution is -2.38. The molecule has 0 saturated carbocycles. The van der Waals surface area contributed by atoms with Gasteiger partial charge >= 0.3 is 5.76 Å². The van der Waals surface area contributed by atoms with Gasteiger partial charge in [-0.25, -0.2) is 13.2 Å². The minimum atomic E-state index is -3.62. The van der Waals surface area contributed by atoms with Crippen LogP contribution in [0.2, 0.25) is 0 Å². The molecule has 2 aliphatic heterocycles. The third-order valence-electron chi connectivity index (χ3n) is 6.28. The van der Waals surface area contributed by atoms with E-state index in [1.165, 1.54) is 21.0 Å². The predicted molar refractivity (Wildman–Crippen MR) is 121 cm³/mol. The van der Waals surface area contributed by atoms with Crippen molar-refractivity contribution in [2.45, 2.75) is 56.4 Å². The van der Waals surface area contributed by atoms with Crippen LogP contribution >= 0.6 is 0 Å². The number of oxazole rings is 1. The fourth-order valence-corrected chi connectivity index (χ4v) is 5.94. The van der Waals surface area contributed by atoms with E-state index in [9.17, 15) is 22.8 Å². The van der Waals surface area contributed by atoms with E-state index in [2.05, 4.69) is 5.32 Å². The van der Waals surface area contributed by atoms with Gasteiger partial charge in [0, 0.05) is 58.2 Å². The first kappa shape index (κ1) is 23.5. The van der Waals surface area contributed by atoms with Gasteiger partial charge in [-0.05, 0) is 37.8 Å². The lowest BCUT2D eigenvalue weighted by atomic mass is 10.2. The number of hydrogen-bond donors (Lipinski definition) is 1. The van der Waals surface area contributed by atoms with E-state index in [1.807, 2.05) is 0 Å². The number of benzene rings is 1. The molecule has 2 amide bonds. The molecule has 11 heteroatoms. The Hall–Kier alpha value is -2.66. The Morgan fingerprint density at radius 3 is 2.55 bits per heavy atom. The summed E-state index contributed by atoms with van der Waals surface area (Å²) in [6, 6.07) is 4.39. The van der Waals surface area contributed by atoms with Crippen molar-refractivity contribution in [2.24, 2.45) is 0 Å². The van der Waals surface area contributed by atoms with E-state index in [1.54, 1.807) is 11.0 Å². The van der Waals surface area contributed by atoms with E-state index >= 15 is 0 Å². The van der Waals surface area contributed by atoms with Crippen molar-refractivity contribution in [3.05, 3.63) is 28.7 Å². The molecule has 0 aliphatic carbocycles. The van der Waals surface area contributed by atoms with E-state index in [-0.39, 0.29) is 35.3 Å². The number of rotatable bonds is 8. The Bertz CT molecular complexity index is 1180. The van der Waals surface area contributed by atoms with Crippen molar-refractivity contribution in [3.8, 4) is 0 Å². The topological polar surface area (TPSA) is 122 Å². The van der Waals surface area contributed by atoms with Crippen LogP contribution in [0, 0.1) is 0 Å². The van der Waals surface area contributed by atoms with Crippen LogP contribution in [0.15, 0.2) is 32.3 Å². The number of hydrogen-bond acceptors (Lipinski definition) is 6. The highest BCUT2D eigenvalue weighted by atomic mass is 32.2. The molecule has 1 aromatic heterocycles. The van der Waals surface area contributed by atoms with Gasteiger partial charge in [0.15, 0.2) is 5.58 Å². The van der Waals surface area contributed by atoms with Gasteiger partial charge in [0.1, 0.15) is 0 Å². The molecule has 1 N–H and O–H groups in total. The summed E-state index contributed by atoms with van der Waals surface area (Å²) in [5, 5.41) is 2.80. The molecule has 0 spiro atoms. The average molecular weight is 479 g/mol. The van der Waals surface area contributed by atoms with Crippen LogP contribution in [0.5, 0.6) is 0 Å². The number of aryl methyl sites for hydroxylation is 1. The Kier molecular flexibility index (Phi) is 7.18. The predicted octanol–water partition coefficient (Wildman–Crippen LogP) is 1.29. The highest BCUT2D eigenvalue weighted by Crippen LogP contribution is 2.24. The summed E-state index contributed by atoms with van der Waals surface area (Å²) in [7, 11) is -3.62. The molecule has 33 heavy (non-hydrogen) atoms. The maximum Gasteiger partial charge on any atom is 0.419 e. The van der Waals surface area contributed by atoms with Gasteiger partial charge in [-0.1, -0.05) is 6.42 Å². The molecule has 0 radical (unpaired) electrons. The summed E-state index contributed by atoms with van der Waals surface area (Å²) < 4.78 is 33.6. The Morgan fingerprint density at radius 2 is 1.76 bits per heavy atom. The minimum absolute atomic E-state index is 0.0658. The second-order valence-electron chi connectivity index (χ2n) is 8.55. The first-order chi connectivity index (χ1) is 15.9. The van der Waals surface area contributed by atoms with Crippen molar-refractivity contribution < 1.29 is 22.4 Å². The zero-order valence-corrected chi connectivity index (χ0v) is 19.4. The molecule has 2 fully saturated rings. The van der Waals surface area contributed by atoms with Crippen molar-refractivity contribution in [1.82, 2.24) is 19.1 Å². The molecule has 0 atom stereocenters. The van der Waals surface area contributed by atoms with Gasteiger partial charge in [0.25, 0.3) is 0 Å². The van der Waals surface area contributed by atoms with Crippen molar-refractivity contribution in [1.29, 1.82) is 0 Å². The van der Waals surface area contributed by atoms with Crippen LogP contribution < -0.4 is 11.1 Å². The zero-order chi connectivity index (χ0) is 23.4. The molecule has 3 heterocycles. The van der Waals surface area contributed by atoms with Crippen LogP contribution in [-0.2, 0) is 26.2 Å². The maximum absolute atomic E-state index is 12.8. The second-order valence-corrected chi connectivity index (χ2v) is 10.5. The number of carbonyl (C=O) groups is 2. The standard InChI is InChI=1S/C22H30N4O6S/c27-20(23-10-15-24-11-3-1-2-6-21(24)28)9-14-26-18-8-7-17(16-19(18)32-22(26)29)33(30,31)25-12-4-5-13-25/h7-8,16H,1-6,9-15H2,(H,23,27). The van der Waals surface area contributed by atoms with Gasteiger partial charge < -0.3 is 14.6 Å². The molecule has 2 saturated heterocycles. The van der Waals surface area contributed by atoms with Gasteiger partial charge in [0.05, 0.1) is 10.4 Å². The Labute approximate surface area is 192 Å². The smallest absolute Gasteiger partial charge is 0.408 e. The summed E-state index contributed by atoms with van der Waals surface area (Å²) in [6.07, 6.45) is 5.25. The number of nitrogens with one attached hydrogen (secondary N) is 1. The van der Waals surface area contributed by atoms with E-state index < -0.39 is 15.8 Å². The number of carbonyl (C=O) groups excluding carboxylic acids is 2. The van der Waals surface area contributed by atoms with Crippen LogP contribution in [0.3, 0.4) is 0 Å². The van der Waals surface area contributed by atoms with E-state index in [4.69, 9.17) is 4.42 Å². The highest BCUT2D eigenvalue weighted by molar-refractivity contribution is 7.89. The number of amides is 2. The third-order valence-corrected chi connectivity index (χ3v) is 8.17. The van der Waals surface area contributed by atoms with Crippen molar-refractivity contribution in [2.75, 3.05) is 32.7 Å². The zero-order valence-electron chi connectivity index (χ0n) is 18.6. The molecule has 4 rings (SSSR count). The lowest BCUT2D eigenvalue weighted by Gasteiger charge is -2.20. The van der Waals surface area contributed by atoms with Crippen LogP contribution in [0.4, 0.5) is 0 Å². The van der Waals surface area contributed by atoms with E-state index in [0.717, 1.165) is 38.6 Å². The number of aromatic nitrogens is 1. The normalized spacial score (nSPS) is 18.1. The fourth-order valence-electron chi connectivity index (χ4n) is 4.40. The van der Waals surface area contributed by atoms with Crippen molar-refractivity contribution >= 4 is 32.9 Å². The number of fused-ring (bicyclic) bond motifs is 1. The third kappa shape index (κ3) is 5.30. The van der Waals surface area contributed by atoms with Gasteiger partial charge in [0.2, 0.25) is 21.8 Å². The average Bonchev–Trinajstić information content (AvgIpc) is 3.38. The summed E-state index contributed by atoms with van der Waals surface area (Å²) in [6.45, 7) is 2.66. The lowest BCUT2D eigenvalue weighted by molar-refractivity contribution is -0.131. The minimum Gasteiger partial charge on any atom is -0.408 e. The molecule has 2 aromatic rings. The van der Waals surface area contributed by atoms with Crippen LogP contribution in [0.1, 0.15) is 44.9 Å². The first-order valence-electron chi connectivity index (χ1n) is 11.5. The molecular formula is C22H30N4O6S. The Morgan fingerprint density at radius 1 is 1.00 bits per heavy atom. The van der Waals surface area contributed by atoms with Crippen molar-refractivity contribution in [3.63, 3.8) is 0 Å². The summed E-state index contributed by atoms with van der Waals surface area (Å²) in [5.74, 6) is -0.736. The van der Waals surface area contributed by atoms with Crippen LogP contribution in [-0.4, -0.2) is 66.7 Å². The molecular weight excluding hydrogens is 448 g/mol. The number of likely N-dealkylation sites (tertiary alicyclic amines) is 1. The highest BCUT2D eigenvalue weighted by Gasteiger charge is 2.28. The van der Waals surface area contributed by atoms with Gasteiger partial charge in [-0.3, -0.25) is 14.2 Å². The van der Waals surface area contributed by atoms with Gasteiger partial charge in [-0.2, -0.15) is 4.31 Å². The fraction of sp³-hybridized carbons (Fsp3) is 0.591. The number of sulfonamides is 1. The molecule has 1 aromatic carbocycles. The second kappa shape index (κ2) is 10.1. The number of nitrogens with zero attached hydrogens (tertiary/aromatic N) is 3. The monoisotopic (exact) mass is 478 g/mol. The molecule has 2 aliphatic rings. The summed E-state index contributed by atoms with van der Waals surface area (Å²) >= 11 is 0. The molecule has 10 nitrogen and oxygen atoms in total. The maximum atomic E-state index is 12.8. The summed E-state index contributed by atoms with van der Waals surface area (Å²) in [5.41, 5.74) is 0.628. The SMILES string of the molecule is O=C(CCn1c(=O)oc2cc(S(=O)(=O)N3CCCC3)ccc21)NCCN1CCCCCC1=O. The summed E-state index contributed by atoms with van der Waals surface area (Å²) in [4.78, 5) is 38.5. The first-order valence-corrected chi connectivity index (χ1v) is 13.0. The molecule has 0 bridgehead atoms. The molecule has 180 valence electrons. The van der Waals surface area contributed by atoms with Crippen LogP contribution in [0.25, 0.3) is 11.1 Å². The van der Waals surface area contributed by atoms with E-state index in [0.29, 0.717) is 38.1 Å².